The summed E-state index contributed by atoms with van der Waals surface area (Å²) in [5, 5.41) is 5.74. The van der Waals surface area contributed by atoms with E-state index in [9.17, 15) is 9.18 Å². The van der Waals surface area contributed by atoms with Crippen molar-refractivity contribution in [1.29, 1.82) is 0 Å². The van der Waals surface area contributed by atoms with Crippen molar-refractivity contribution in [3.05, 3.63) is 51.7 Å². The summed E-state index contributed by atoms with van der Waals surface area (Å²) in [6.45, 7) is 4.65. The molecular formula is C15H17FN2OS. The van der Waals surface area contributed by atoms with Crippen molar-refractivity contribution in [2.45, 2.75) is 26.2 Å². The quantitative estimate of drug-likeness (QED) is 0.918. The number of carbonyl (C=O) groups excluding carboxylic acids is 1. The Kier molecular flexibility index (Phi) is 4.84. The lowest BCUT2D eigenvalue weighted by molar-refractivity contribution is 0.0950. The molecule has 0 atom stereocenters. The molecule has 0 spiro atoms. The summed E-state index contributed by atoms with van der Waals surface area (Å²) in [6, 6.07) is 5.97. The fourth-order valence-corrected chi connectivity index (χ4v) is 2.69. The van der Waals surface area contributed by atoms with Crippen LogP contribution in [0.5, 0.6) is 0 Å². The van der Waals surface area contributed by atoms with Gasteiger partial charge in [-0.2, -0.15) is 0 Å². The van der Waals surface area contributed by atoms with Crippen LogP contribution in [0.4, 0.5) is 4.39 Å². The number of halogens is 1. The second-order valence-corrected chi connectivity index (χ2v) is 5.75. The molecule has 2 rings (SSSR count). The van der Waals surface area contributed by atoms with E-state index in [1.165, 1.54) is 12.1 Å². The highest BCUT2D eigenvalue weighted by molar-refractivity contribution is 7.09. The number of thiazole rings is 1. The van der Waals surface area contributed by atoms with Crippen LogP contribution in [0.15, 0.2) is 29.6 Å². The average molecular weight is 292 g/mol. The summed E-state index contributed by atoms with van der Waals surface area (Å²) in [4.78, 5) is 16.3. The Bertz CT molecular complexity index is 595. The Morgan fingerprint density at radius 1 is 1.40 bits per heavy atom. The normalized spacial score (nSPS) is 10.8. The summed E-state index contributed by atoms with van der Waals surface area (Å²) in [5.74, 6) is -0.474. The molecule has 106 valence electrons. The summed E-state index contributed by atoms with van der Waals surface area (Å²) in [5.41, 5.74) is 1.15. The minimum Gasteiger partial charge on any atom is -0.352 e. The Balaban J connectivity index is 1.86. The van der Waals surface area contributed by atoms with Crippen molar-refractivity contribution < 1.29 is 9.18 Å². The molecule has 1 N–H and O–H groups in total. The molecule has 0 aliphatic heterocycles. The number of hydrogen-bond donors (Lipinski definition) is 1. The zero-order valence-corrected chi connectivity index (χ0v) is 12.3. The van der Waals surface area contributed by atoms with Crippen LogP contribution in [0, 0.1) is 5.82 Å². The third-order valence-electron chi connectivity index (χ3n) is 2.90. The Hall–Kier alpha value is -1.75. The maximum Gasteiger partial charge on any atom is 0.254 e. The largest absolute Gasteiger partial charge is 0.352 e. The van der Waals surface area contributed by atoms with Gasteiger partial charge in [0.15, 0.2) is 0 Å². The topological polar surface area (TPSA) is 42.0 Å². The van der Waals surface area contributed by atoms with E-state index in [1.54, 1.807) is 23.5 Å². The van der Waals surface area contributed by atoms with Crippen LogP contribution in [0.2, 0.25) is 0 Å². The average Bonchev–Trinajstić information content (AvgIpc) is 2.88. The van der Waals surface area contributed by atoms with E-state index in [-0.39, 0.29) is 11.5 Å². The highest BCUT2D eigenvalue weighted by Crippen LogP contribution is 2.17. The van der Waals surface area contributed by atoms with E-state index in [2.05, 4.69) is 24.1 Å². The molecule has 20 heavy (non-hydrogen) atoms. The number of nitrogens with zero attached hydrogens (tertiary/aromatic N) is 1. The maximum absolute atomic E-state index is 13.4. The van der Waals surface area contributed by atoms with Crippen LogP contribution in [-0.4, -0.2) is 17.4 Å². The molecule has 1 aromatic carbocycles. The molecule has 0 fully saturated rings. The second kappa shape index (κ2) is 6.61. The van der Waals surface area contributed by atoms with Crippen molar-refractivity contribution in [2.24, 2.45) is 0 Å². The van der Waals surface area contributed by atoms with E-state index < -0.39 is 5.82 Å². The third kappa shape index (κ3) is 3.63. The van der Waals surface area contributed by atoms with Crippen LogP contribution in [0.1, 0.15) is 40.8 Å². The second-order valence-electron chi connectivity index (χ2n) is 4.81. The molecule has 0 aliphatic carbocycles. The minimum absolute atomic E-state index is 0.0782. The van der Waals surface area contributed by atoms with Gasteiger partial charge >= 0.3 is 0 Å². The van der Waals surface area contributed by atoms with Crippen molar-refractivity contribution in [2.75, 3.05) is 6.54 Å². The van der Waals surface area contributed by atoms with E-state index in [0.717, 1.165) is 10.7 Å². The lowest BCUT2D eigenvalue weighted by Crippen LogP contribution is -2.26. The van der Waals surface area contributed by atoms with Crippen molar-refractivity contribution in [1.82, 2.24) is 10.3 Å². The standard InChI is InChI=1S/C15H17FN2OS/c1-10(2)13-9-20-14(18-13)7-8-17-15(19)11-5-3-4-6-12(11)16/h3-6,9-10H,7-8H2,1-2H3,(H,17,19). The van der Waals surface area contributed by atoms with Gasteiger partial charge in [-0.15, -0.1) is 11.3 Å². The first-order chi connectivity index (χ1) is 9.58. The molecule has 1 amide bonds. The van der Waals surface area contributed by atoms with Crippen LogP contribution in [-0.2, 0) is 6.42 Å². The first-order valence-electron chi connectivity index (χ1n) is 6.55. The predicted molar refractivity (Wildman–Crippen MR) is 78.6 cm³/mol. The van der Waals surface area contributed by atoms with Crippen molar-refractivity contribution >= 4 is 17.2 Å². The Morgan fingerprint density at radius 3 is 2.80 bits per heavy atom. The molecule has 1 heterocycles. The molecule has 5 heteroatoms. The monoisotopic (exact) mass is 292 g/mol. The predicted octanol–water partition coefficient (Wildman–Crippen LogP) is 3.38. The van der Waals surface area contributed by atoms with Gasteiger partial charge < -0.3 is 5.32 Å². The molecule has 0 saturated heterocycles. The van der Waals surface area contributed by atoms with Gasteiger partial charge in [0.25, 0.3) is 5.91 Å². The number of benzene rings is 1. The van der Waals surface area contributed by atoms with Gasteiger partial charge in [0.1, 0.15) is 5.82 Å². The Labute approximate surface area is 121 Å². The molecule has 3 nitrogen and oxygen atoms in total. The highest BCUT2D eigenvalue weighted by Gasteiger charge is 2.10. The zero-order valence-electron chi connectivity index (χ0n) is 11.5. The molecule has 0 bridgehead atoms. The highest BCUT2D eigenvalue weighted by atomic mass is 32.1. The van der Waals surface area contributed by atoms with Crippen LogP contribution in [0.3, 0.4) is 0 Å². The van der Waals surface area contributed by atoms with E-state index in [0.29, 0.717) is 18.9 Å². The first kappa shape index (κ1) is 14.7. The van der Waals surface area contributed by atoms with Gasteiger partial charge in [-0.3, -0.25) is 4.79 Å². The maximum atomic E-state index is 13.4. The Morgan fingerprint density at radius 2 is 2.15 bits per heavy atom. The van der Waals surface area contributed by atoms with Crippen LogP contribution in [0.25, 0.3) is 0 Å². The summed E-state index contributed by atoms with van der Waals surface area (Å²) in [7, 11) is 0. The van der Waals surface area contributed by atoms with Crippen LogP contribution >= 0.6 is 11.3 Å². The number of nitrogens with one attached hydrogen (secondary N) is 1. The molecule has 0 unspecified atom stereocenters. The third-order valence-corrected chi connectivity index (χ3v) is 3.83. The van der Waals surface area contributed by atoms with Gasteiger partial charge in [-0.05, 0) is 18.1 Å². The summed E-state index contributed by atoms with van der Waals surface area (Å²) >= 11 is 1.59. The van der Waals surface area contributed by atoms with Gasteiger partial charge in [0, 0.05) is 18.3 Å². The first-order valence-corrected chi connectivity index (χ1v) is 7.43. The lowest BCUT2D eigenvalue weighted by Gasteiger charge is -2.04. The smallest absolute Gasteiger partial charge is 0.254 e. The van der Waals surface area contributed by atoms with Crippen molar-refractivity contribution in [3.8, 4) is 0 Å². The van der Waals surface area contributed by atoms with Gasteiger partial charge in [0.2, 0.25) is 0 Å². The van der Waals surface area contributed by atoms with E-state index in [1.807, 2.05) is 5.38 Å². The van der Waals surface area contributed by atoms with Gasteiger partial charge in [-0.25, -0.2) is 9.37 Å². The number of rotatable bonds is 5. The minimum atomic E-state index is -0.499. The number of hydrogen-bond acceptors (Lipinski definition) is 3. The molecule has 1 aromatic heterocycles. The van der Waals surface area contributed by atoms with E-state index in [4.69, 9.17) is 0 Å². The number of aromatic nitrogens is 1. The fourth-order valence-electron chi connectivity index (χ4n) is 1.73. The SMILES string of the molecule is CC(C)c1csc(CCNC(=O)c2ccccc2F)n1. The van der Waals surface area contributed by atoms with E-state index >= 15 is 0 Å². The molecule has 0 aliphatic rings. The van der Waals surface area contributed by atoms with Gasteiger partial charge in [-0.1, -0.05) is 26.0 Å². The fraction of sp³-hybridized carbons (Fsp3) is 0.333. The molecule has 0 saturated carbocycles. The molecular weight excluding hydrogens is 275 g/mol. The van der Waals surface area contributed by atoms with Gasteiger partial charge in [0.05, 0.1) is 16.3 Å². The number of amides is 1. The summed E-state index contributed by atoms with van der Waals surface area (Å²) < 4.78 is 13.4. The van der Waals surface area contributed by atoms with Crippen LogP contribution < -0.4 is 5.32 Å². The summed E-state index contributed by atoms with van der Waals surface area (Å²) in [6.07, 6.45) is 0.664. The number of carbonyl (C=O) groups is 1. The lowest BCUT2D eigenvalue weighted by atomic mass is 10.2. The van der Waals surface area contributed by atoms with Crippen molar-refractivity contribution in [3.63, 3.8) is 0 Å². The zero-order chi connectivity index (χ0) is 14.5. The molecule has 0 radical (unpaired) electrons. The molecule has 2 aromatic rings.